The molecule has 1 heteroatoms. The SMILES string of the molecule is CC(C)c1cccc(NC2CCC(C)C(C)C2)c1. The van der Waals surface area contributed by atoms with Gasteiger partial charge in [0.05, 0.1) is 0 Å². The zero-order valence-corrected chi connectivity index (χ0v) is 12.2. The van der Waals surface area contributed by atoms with Crippen LogP contribution in [-0.2, 0) is 0 Å². The van der Waals surface area contributed by atoms with Gasteiger partial charge in [-0.2, -0.15) is 0 Å². The Labute approximate surface area is 112 Å². The molecule has 1 aliphatic rings. The Kier molecular flexibility index (Phi) is 4.31. The van der Waals surface area contributed by atoms with E-state index in [4.69, 9.17) is 0 Å². The van der Waals surface area contributed by atoms with Crippen molar-refractivity contribution >= 4 is 5.69 Å². The second-order valence-corrected chi connectivity index (χ2v) is 6.39. The maximum absolute atomic E-state index is 3.73. The zero-order chi connectivity index (χ0) is 13.1. The number of rotatable bonds is 3. The molecule has 0 spiro atoms. The van der Waals surface area contributed by atoms with Crippen LogP contribution in [0.15, 0.2) is 24.3 Å². The number of nitrogens with one attached hydrogen (secondary N) is 1. The highest BCUT2D eigenvalue weighted by Gasteiger charge is 2.24. The maximum Gasteiger partial charge on any atom is 0.0345 e. The van der Waals surface area contributed by atoms with Crippen LogP contribution in [0, 0.1) is 11.8 Å². The molecule has 0 amide bonds. The van der Waals surface area contributed by atoms with Gasteiger partial charge in [0.15, 0.2) is 0 Å². The van der Waals surface area contributed by atoms with E-state index in [9.17, 15) is 0 Å². The van der Waals surface area contributed by atoms with Gasteiger partial charge in [-0.25, -0.2) is 0 Å². The van der Waals surface area contributed by atoms with E-state index in [1.807, 2.05) is 0 Å². The minimum atomic E-state index is 0.608. The van der Waals surface area contributed by atoms with Crippen LogP contribution >= 0.6 is 0 Å². The molecule has 1 N–H and O–H groups in total. The molecular formula is C17H27N. The van der Waals surface area contributed by atoms with Crippen molar-refractivity contribution in [3.8, 4) is 0 Å². The Hall–Kier alpha value is -0.980. The molecule has 100 valence electrons. The molecule has 1 saturated carbocycles. The summed E-state index contributed by atoms with van der Waals surface area (Å²) in [6, 6.07) is 9.58. The van der Waals surface area contributed by atoms with Crippen molar-refractivity contribution in [2.75, 3.05) is 5.32 Å². The summed E-state index contributed by atoms with van der Waals surface area (Å²) < 4.78 is 0. The van der Waals surface area contributed by atoms with Gasteiger partial charge in [0.25, 0.3) is 0 Å². The second-order valence-electron chi connectivity index (χ2n) is 6.39. The maximum atomic E-state index is 3.73. The predicted octanol–water partition coefficient (Wildman–Crippen LogP) is 5.05. The average molecular weight is 245 g/mol. The molecule has 1 aliphatic carbocycles. The first-order valence-corrected chi connectivity index (χ1v) is 7.42. The Morgan fingerprint density at radius 1 is 1.11 bits per heavy atom. The van der Waals surface area contributed by atoms with Crippen molar-refractivity contribution in [1.82, 2.24) is 0 Å². The molecule has 18 heavy (non-hydrogen) atoms. The predicted molar refractivity (Wildman–Crippen MR) is 80.1 cm³/mol. The van der Waals surface area contributed by atoms with Crippen LogP contribution in [-0.4, -0.2) is 6.04 Å². The Morgan fingerprint density at radius 3 is 2.56 bits per heavy atom. The number of hydrogen-bond acceptors (Lipinski definition) is 1. The molecule has 0 heterocycles. The third kappa shape index (κ3) is 3.28. The smallest absolute Gasteiger partial charge is 0.0345 e. The molecule has 0 aliphatic heterocycles. The van der Waals surface area contributed by atoms with Crippen molar-refractivity contribution in [2.24, 2.45) is 11.8 Å². The number of anilines is 1. The van der Waals surface area contributed by atoms with Gasteiger partial charge in [-0.1, -0.05) is 39.8 Å². The minimum Gasteiger partial charge on any atom is -0.382 e. The van der Waals surface area contributed by atoms with E-state index < -0.39 is 0 Å². The summed E-state index contributed by atoms with van der Waals surface area (Å²) in [5, 5.41) is 3.73. The monoisotopic (exact) mass is 245 g/mol. The average Bonchev–Trinajstić information content (AvgIpc) is 2.34. The molecule has 2 rings (SSSR count). The summed E-state index contributed by atoms with van der Waals surface area (Å²) in [4.78, 5) is 0. The molecule has 0 bridgehead atoms. The lowest BCUT2D eigenvalue weighted by atomic mass is 9.79. The lowest BCUT2D eigenvalue weighted by Crippen LogP contribution is -2.30. The van der Waals surface area contributed by atoms with Crippen LogP contribution in [0.4, 0.5) is 5.69 Å². The first-order valence-electron chi connectivity index (χ1n) is 7.42. The highest BCUT2D eigenvalue weighted by Crippen LogP contribution is 2.31. The first kappa shape index (κ1) is 13.5. The van der Waals surface area contributed by atoms with E-state index in [-0.39, 0.29) is 0 Å². The highest BCUT2D eigenvalue weighted by molar-refractivity contribution is 5.47. The summed E-state index contributed by atoms with van der Waals surface area (Å²) in [5.74, 6) is 2.35. The normalized spacial score (nSPS) is 28.4. The van der Waals surface area contributed by atoms with E-state index in [1.54, 1.807) is 0 Å². The van der Waals surface area contributed by atoms with Crippen molar-refractivity contribution in [3.63, 3.8) is 0 Å². The van der Waals surface area contributed by atoms with Crippen molar-refractivity contribution in [3.05, 3.63) is 29.8 Å². The summed E-state index contributed by atoms with van der Waals surface area (Å²) >= 11 is 0. The van der Waals surface area contributed by atoms with E-state index >= 15 is 0 Å². The Bertz CT molecular complexity index is 383. The Morgan fingerprint density at radius 2 is 1.89 bits per heavy atom. The van der Waals surface area contributed by atoms with Gasteiger partial charge in [0.1, 0.15) is 0 Å². The van der Waals surface area contributed by atoms with Gasteiger partial charge in [0, 0.05) is 11.7 Å². The fourth-order valence-corrected chi connectivity index (χ4v) is 2.90. The molecule has 3 atom stereocenters. The summed E-state index contributed by atoms with van der Waals surface area (Å²) in [6.07, 6.45) is 3.99. The van der Waals surface area contributed by atoms with Gasteiger partial charge in [-0.15, -0.1) is 0 Å². The van der Waals surface area contributed by atoms with E-state index in [0.717, 1.165) is 11.8 Å². The van der Waals surface area contributed by atoms with Gasteiger partial charge in [0.2, 0.25) is 0 Å². The second kappa shape index (κ2) is 5.77. The van der Waals surface area contributed by atoms with Gasteiger partial charge < -0.3 is 5.32 Å². The molecule has 0 saturated heterocycles. The van der Waals surface area contributed by atoms with Crippen molar-refractivity contribution in [2.45, 2.75) is 58.9 Å². The lowest BCUT2D eigenvalue weighted by Gasteiger charge is -2.33. The quantitative estimate of drug-likeness (QED) is 0.786. The van der Waals surface area contributed by atoms with E-state index in [0.29, 0.717) is 12.0 Å². The first-order chi connectivity index (χ1) is 8.56. The molecule has 1 aromatic carbocycles. The molecule has 1 aromatic rings. The third-order valence-corrected chi connectivity index (χ3v) is 4.52. The fraction of sp³-hybridized carbons (Fsp3) is 0.647. The molecule has 1 nitrogen and oxygen atoms in total. The minimum absolute atomic E-state index is 0.608. The Balaban J connectivity index is 1.99. The topological polar surface area (TPSA) is 12.0 Å². The van der Waals surface area contributed by atoms with Gasteiger partial charge >= 0.3 is 0 Å². The van der Waals surface area contributed by atoms with Gasteiger partial charge in [-0.05, 0) is 54.7 Å². The molecule has 0 radical (unpaired) electrons. The fourth-order valence-electron chi connectivity index (χ4n) is 2.90. The highest BCUT2D eigenvalue weighted by atomic mass is 14.9. The molecular weight excluding hydrogens is 218 g/mol. The van der Waals surface area contributed by atoms with Crippen LogP contribution in [0.2, 0.25) is 0 Å². The largest absolute Gasteiger partial charge is 0.382 e. The summed E-state index contributed by atoms with van der Waals surface area (Å²) in [6.45, 7) is 9.29. The van der Waals surface area contributed by atoms with E-state index in [1.165, 1.54) is 30.5 Å². The number of benzene rings is 1. The standard InChI is InChI=1S/C17H27N/c1-12(2)15-6-5-7-16(11-15)18-17-9-8-13(3)14(4)10-17/h5-7,11-14,17-18H,8-10H2,1-4H3. The molecule has 3 unspecified atom stereocenters. The third-order valence-electron chi connectivity index (χ3n) is 4.52. The zero-order valence-electron chi connectivity index (χ0n) is 12.2. The lowest BCUT2D eigenvalue weighted by molar-refractivity contribution is 0.261. The molecule has 1 fully saturated rings. The van der Waals surface area contributed by atoms with Crippen LogP contribution in [0.25, 0.3) is 0 Å². The van der Waals surface area contributed by atoms with Gasteiger partial charge in [-0.3, -0.25) is 0 Å². The van der Waals surface area contributed by atoms with Crippen LogP contribution in [0.1, 0.15) is 58.4 Å². The van der Waals surface area contributed by atoms with Crippen LogP contribution in [0.3, 0.4) is 0 Å². The van der Waals surface area contributed by atoms with Crippen molar-refractivity contribution < 1.29 is 0 Å². The van der Waals surface area contributed by atoms with Crippen LogP contribution < -0.4 is 5.32 Å². The van der Waals surface area contributed by atoms with Crippen LogP contribution in [0.5, 0.6) is 0 Å². The summed E-state index contributed by atoms with van der Waals surface area (Å²) in [7, 11) is 0. The van der Waals surface area contributed by atoms with E-state index in [2.05, 4.69) is 57.3 Å². The molecule has 0 aromatic heterocycles. The van der Waals surface area contributed by atoms with Crippen molar-refractivity contribution in [1.29, 1.82) is 0 Å². The summed E-state index contributed by atoms with van der Waals surface area (Å²) in [5.41, 5.74) is 2.73. The number of hydrogen-bond donors (Lipinski definition) is 1.